The van der Waals surface area contributed by atoms with Crippen molar-refractivity contribution < 1.29 is 4.79 Å². The number of rotatable bonds is 5. The minimum Gasteiger partial charge on any atom is -0.342 e. The van der Waals surface area contributed by atoms with E-state index >= 15 is 0 Å². The van der Waals surface area contributed by atoms with Crippen LogP contribution in [0.4, 0.5) is 0 Å². The smallest absolute Gasteiger partial charge is 0.236 e. The van der Waals surface area contributed by atoms with Gasteiger partial charge in [-0.25, -0.2) is 0 Å². The molecule has 1 aliphatic carbocycles. The Morgan fingerprint density at radius 3 is 2.61 bits per heavy atom. The van der Waals surface area contributed by atoms with E-state index in [4.69, 9.17) is 0 Å². The zero-order valence-electron chi connectivity index (χ0n) is 12.0. The third kappa shape index (κ3) is 3.23. The van der Waals surface area contributed by atoms with Crippen molar-refractivity contribution in [2.24, 2.45) is 0 Å². The van der Waals surface area contributed by atoms with Crippen LogP contribution in [0.5, 0.6) is 0 Å². The van der Waals surface area contributed by atoms with Crippen molar-refractivity contribution in [1.29, 1.82) is 0 Å². The number of piperazine rings is 1. The molecule has 4 heteroatoms. The van der Waals surface area contributed by atoms with Crippen LogP contribution in [0.1, 0.15) is 39.5 Å². The largest absolute Gasteiger partial charge is 0.342 e. The summed E-state index contributed by atoms with van der Waals surface area (Å²) >= 11 is 0. The molecule has 0 spiro atoms. The van der Waals surface area contributed by atoms with Gasteiger partial charge in [-0.05, 0) is 25.7 Å². The molecular weight excluding hydrogens is 226 g/mol. The molecule has 1 saturated heterocycles. The molecule has 4 nitrogen and oxygen atoms in total. The van der Waals surface area contributed by atoms with E-state index in [-0.39, 0.29) is 0 Å². The third-order valence-corrected chi connectivity index (χ3v) is 4.40. The highest BCUT2D eigenvalue weighted by molar-refractivity contribution is 5.78. The molecule has 1 heterocycles. The van der Waals surface area contributed by atoms with E-state index in [2.05, 4.69) is 24.1 Å². The predicted octanol–water partition coefficient (Wildman–Crippen LogP) is 1.07. The van der Waals surface area contributed by atoms with E-state index < -0.39 is 0 Å². The van der Waals surface area contributed by atoms with Crippen LogP contribution in [0.2, 0.25) is 0 Å². The van der Waals surface area contributed by atoms with Crippen molar-refractivity contribution in [3.63, 3.8) is 0 Å². The Hall–Kier alpha value is -0.610. The summed E-state index contributed by atoms with van der Waals surface area (Å²) in [7, 11) is 1.96. The van der Waals surface area contributed by atoms with Crippen molar-refractivity contribution >= 4 is 5.91 Å². The van der Waals surface area contributed by atoms with Crippen molar-refractivity contribution in [3.05, 3.63) is 0 Å². The van der Waals surface area contributed by atoms with Gasteiger partial charge in [0.1, 0.15) is 0 Å². The number of hydrogen-bond donors (Lipinski definition) is 1. The Morgan fingerprint density at radius 1 is 1.33 bits per heavy atom. The van der Waals surface area contributed by atoms with E-state index in [1.807, 2.05) is 11.9 Å². The number of carbonyl (C=O) groups excluding carboxylic acids is 1. The summed E-state index contributed by atoms with van der Waals surface area (Å²) < 4.78 is 0. The molecular formula is C14H27N3O. The minimum absolute atomic E-state index is 0.299. The second-order valence-electron chi connectivity index (χ2n) is 5.74. The fourth-order valence-electron chi connectivity index (χ4n) is 2.75. The van der Waals surface area contributed by atoms with E-state index in [0.29, 0.717) is 30.6 Å². The molecule has 2 atom stereocenters. The van der Waals surface area contributed by atoms with Crippen LogP contribution in [0, 0.1) is 0 Å². The lowest BCUT2D eigenvalue weighted by Crippen LogP contribution is -2.58. The van der Waals surface area contributed by atoms with Crippen molar-refractivity contribution in [1.82, 2.24) is 15.1 Å². The van der Waals surface area contributed by atoms with Gasteiger partial charge in [-0.3, -0.25) is 9.69 Å². The first kappa shape index (κ1) is 13.8. The van der Waals surface area contributed by atoms with Gasteiger partial charge in [-0.15, -0.1) is 0 Å². The Morgan fingerprint density at radius 2 is 2.06 bits per heavy atom. The molecule has 0 aromatic heterocycles. The van der Waals surface area contributed by atoms with Crippen LogP contribution in [0.15, 0.2) is 0 Å². The van der Waals surface area contributed by atoms with Gasteiger partial charge in [0, 0.05) is 38.3 Å². The summed E-state index contributed by atoms with van der Waals surface area (Å²) in [6, 6.07) is 1.60. The zero-order chi connectivity index (χ0) is 13.1. The number of hydrogen-bond acceptors (Lipinski definition) is 3. The molecule has 1 N–H and O–H groups in total. The second-order valence-corrected chi connectivity index (χ2v) is 5.74. The summed E-state index contributed by atoms with van der Waals surface area (Å²) in [5.41, 5.74) is 0. The fourth-order valence-corrected chi connectivity index (χ4v) is 2.75. The molecule has 2 fully saturated rings. The van der Waals surface area contributed by atoms with Gasteiger partial charge < -0.3 is 10.2 Å². The Balaban J connectivity index is 1.89. The average molecular weight is 253 g/mol. The molecule has 0 bridgehead atoms. The van der Waals surface area contributed by atoms with Crippen molar-refractivity contribution in [2.45, 2.75) is 57.7 Å². The summed E-state index contributed by atoms with van der Waals surface area (Å²) in [4.78, 5) is 16.5. The first-order chi connectivity index (χ1) is 8.65. The Bertz CT molecular complexity index is 291. The zero-order valence-corrected chi connectivity index (χ0v) is 12.0. The monoisotopic (exact) mass is 253 g/mol. The maximum atomic E-state index is 12.2. The number of carbonyl (C=O) groups is 1. The third-order valence-electron chi connectivity index (χ3n) is 4.40. The molecule has 2 rings (SSSR count). The average Bonchev–Trinajstić information content (AvgIpc) is 3.22. The van der Waals surface area contributed by atoms with Gasteiger partial charge in [0.15, 0.2) is 0 Å². The summed E-state index contributed by atoms with van der Waals surface area (Å²) in [5, 5.41) is 3.57. The van der Waals surface area contributed by atoms with Gasteiger partial charge in [-0.1, -0.05) is 13.8 Å². The Kier molecular flexibility index (Phi) is 4.62. The maximum absolute atomic E-state index is 12.2. The first-order valence-electron chi connectivity index (χ1n) is 7.38. The van der Waals surface area contributed by atoms with Crippen LogP contribution in [-0.4, -0.2) is 60.5 Å². The van der Waals surface area contributed by atoms with E-state index in [0.717, 1.165) is 25.9 Å². The van der Waals surface area contributed by atoms with E-state index in [1.54, 1.807) is 0 Å². The quantitative estimate of drug-likeness (QED) is 0.796. The van der Waals surface area contributed by atoms with E-state index in [9.17, 15) is 4.79 Å². The molecule has 2 unspecified atom stereocenters. The van der Waals surface area contributed by atoms with Crippen LogP contribution < -0.4 is 5.32 Å². The number of amides is 1. The van der Waals surface area contributed by atoms with Crippen LogP contribution in [-0.2, 0) is 4.79 Å². The molecule has 0 aromatic carbocycles. The number of nitrogens with zero attached hydrogens (tertiary/aromatic N) is 2. The molecule has 2 aliphatic rings. The molecule has 0 radical (unpaired) electrons. The topological polar surface area (TPSA) is 35.6 Å². The van der Waals surface area contributed by atoms with Gasteiger partial charge >= 0.3 is 0 Å². The van der Waals surface area contributed by atoms with Crippen molar-refractivity contribution in [3.8, 4) is 0 Å². The van der Waals surface area contributed by atoms with Crippen molar-refractivity contribution in [2.75, 3.05) is 26.7 Å². The standard InChI is InChI=1S/C14H27N3O/c1-4-11-9-17(12(5-2)8-15-11)10-14(18)16(3)13-6-7-13/h11-13,15H,4-10H2,1-3H3. The highest BCUT2D eigenvalue weighted by atomic mass is 16.2. The number of likely N-dealkylation sites (N-methyl/N-ethyl adjacent to an activating group) is 1. The fraction of sp³-hybridized carbons (Fsp3) is 0.929. The lowest BCUT2D eigenvalue weighted by molar-refractivity contribution is -0.132. The molecule has 1 saturated carbocycles. The normalized spacial score (nSPS) is 29.3. The minimum atomic E-state index is 0.299. The van der Waals surface area contributed by atoms with Crippen LogP contribution >= 0.6 is 0 Å². The maximum Gasteiger partial charge on any atom is 0.236 e. The highest BCUT2D eigenvalue weighted by Crippen LogP contribution is 2.25. The summed E-state index contributed by atoms with van der Waals surface area (Å²) in [6.07, 6.45) is 4.64. The summed E-state index contributed by atoms with van der Waals surface area (Å²) in [5.74, 6) is 0.299. The van der Waals surface area contributed by atoms with Gasteiger partial charge in [-0.2, -0.15) is 0 Å². The van der Waals surface area contributed by atoms with E-state index in [1.165, 1.54) is 12.8 Å². The molecule has 1 amide bonds. The number of nitrogens with one attached hydrogen (secondary N) is 1. The lowest BCUT2D eigenvalue weighted by atomic mass is 10.1. The second kappa shape index (κ2) is 6.02. The Labute approximate surface area is 111 Å². The molecule has 104 valence electrons. The first-order valence-corrected chi connectivity index (χ1v) is 7.38. The molecule has 0 aromatic rings. The van der Waals surface area contributed by atoms with Gasteiger partial charge in [0.25, 0.3) is 0 Å². The van der Waals surface area contributed by atoms with Crippen LogP contribution in [0.25, 0.3) is 0 Å². The molecule has 1 aliphatic heterocycles. The SMILES string of the molecule is CCC1CN(CC(=O)N(C)C2CC2)C(CC)CN1. The van der Waals surface area contributed by atoms with Crippen LogP contribution in [0.3, 0.4) is 0 Å². The highest BCUT2D eigenvalue weighted by Gasteiger charge is 2.32. The molecule has 18 heavy (non-hydrogen) atoms. The van der Waals surface area contributed by atoms with Gasteiger partial charge in [0.2, 0.25) is 5.91 Å². The predicted molar refractivity (Wildman–Crippen MR) is 73.5 cm³/mol. The lowest BCUT2D eigenvalue weighted by Gasteiger charge is -2.40. The summed E-state index contributed by atoms with van der Waals surface area (Å²) in [6.45, 7) is 7.05. The van der Waals surface area contributed by atoms with Gasteiger partial charge in [0.05, 0.1) is 6.54 Å².